The SMILES string of the molecule is CC(C)Oc1ccc(-c2nc(-c3cccc4c(N5CCC(C(=O)O)CC5)nccc34)no2)cc1Cl.CC(C)Oc1ccc(-c2nc(-c3cccc4cnccc34)no2)cc1Cl. The van der Waals surface area contributed by atoms with Gasteiger partial charge >= 0.3 is 5.97 Å². The van der Waals surface area contributed by atoms with Crippen LogP contribution in [0.4, 0.5) is 5.82 Å². The number of carbonyl (C=O) groups is 1. The Morgan fingerprint density at radius 2 is 1.28 bits per heavy atom. The highest BCUT2D eigenvalue weighted by molar-refractivity contribution is 6.32. The highest BCUT2D eigenvalue weighted by Gasteiger charge is 2.26. The van der Waals surface area contributed by atoms with E-state index in [-0.39, 0.29) is 18.1 Å². The summed E-state index contributed by atoms with van der Waals surface area (Å²) < 4.78 is 22.4. The summed E-state index contributed by atoms with van der Waals surface area (Å²) in [6, 6.07) is 26.5. The van der Waals surface area contributed by atoms with E-state index in [9.17, 15) is 9.90 Å². The number of halogens is 2. The molecule has 5 heterocycles. The van der Waals surface area contributed by atoms with Gasteiger partial charge in [-0.25, -0.2) is 4.98 Å². The third-order valence-electron chi connectivity index (χ3n) is 10.0. The third-order valence-corrected chi connectivity index (χ3v) is 10.6. The molecular formula is C46H41Cl2N7O6. The van der Waals surface area contributed by atoms with Crippen LogP contribution in [-0.2, 0) is 4.79 Å². The number of fused-ring (bicyclic) bond motifs is 2. The van der Waals surface area contributed by atoms with Crippen LogP contribution < -0.4 is 14.4 Å². The van der Waals surface area contributed by atoms with Crippen LogP contribution in [0.25, 0.3) is 67.2 Å². The van der Waals surface area contributed by atoms with Crippen molar-refractivity contribution in [2.45, 2.75) is 52.7 Å². The van der Waals surface area contributed by atoms with Crippen molar-refractivity contribution in [3.8, 4) is 57.2 Å². The Hall–Kier alpha value is -6.57. The van der Waals surface area contributed by atoms with Gasteiger partial charge in [0.2, 0.25) is 11.6 Å². The van der Waals surface area contributed by atoms with Gasteiger partial charge in [-0.05, 0) is 99.8 Å². The number of ether oxygens (including phenoxy) is 2. The number of nitrogens with zero attached hydrogens (tertiary/aromatic N) is 7. The van der Waals surface area contributed by atoms with E-state index in [1.54, 1.807) is 30.6 Å². The van der Waals surface area contributed by atoms with Crippen molar-refractivity contribution < 1.29 is 28.4 Å². The average molecular weight is 859 g/mol. The van der Waals surface area contributed by atoms with Gasteiger partial charge in [0, 0.05) is 64.7 Å². The first-order valence-corrected chi connectivity index (χ1v) is 20.6. The van der Waals surface area contributed by atoms with Crippen molar-refractivity contribution in [2.24, 2.45) is 5.92 Å². The number of aliphatic carboxylic acids is 1. The molecule has 4 aromatic heterocycles. The number of anilines is 1. The Balaban J connectivity index is 0.000000176. The maximum Gasteiger partial charge on any atom is 0.306 e. The molecule has 15 heteroatoms. The predicted molar refractivity (Wildman–Crippen MR) is 235 cm³/mol. The maximum absolute atomic E-state index is 11.3. The molecule has 0 bridgehead atoms. The maximum atomic E-state index is 11.3. The van der Waals surface area contributed by atoms with Crippen LogP contribution in [-0.4, -0.2) is 66.6 Å². The van der Waals surface area contributed by atoms with Gasteiger partial charge in [0.25, 0.3) is 11.8 Å². The number of carboxylic acid groups (broad SMARTS) is 1. The number of carboxylic acids is 1. The second-order valence-electron chi connectivity index (χ2n) is 15.0. The van der Waals surface area contributed by atoms with E-state index < -0.39 is 5.97 Å². The lowest BCUT2D eigenvalue weighted by Crippen LogP contribution is -2.36. The van der Waals surface area contributed by atoms with Gasteiger partial charge in [-0.1, -0.05) is 69.9 Å². The molecule has 0 unspecified atom stereocenters. The summed E-state index contributed by atoms with van der Waals surface area (Å²) in [7, 11) is 0. The molecule has 1 aliphatic heterocycles. The van der Waals surface area contributed by atoms with E-state index in [1.165, 1.54) is 0 Å². The van der Waals surface area contributed by atoms with Crippen LogP contribution in [0, 0.1) is 5.92 Å². The van der Waals surface area contributed by atoms with Gasteiger partial charge in [-0.2, -0.15) is 9.97 Å². The zero-order chi connectivity index (χ0) is 42.6. The monoisotopic (exact) mass is 857 g/mol. The molecule has 0 aliphatic carbocycles. The molecule has 1 saturated heterocycles. The zero-order valence-electron chi connectivity index (χ0n) is 33.8. The third kappa shape index (κ3) is 9.13. The summed E-state index contributed by atoms with van der Waals surface area (Å²) in [6.07, 6.45) is 6.60. The average Bonchev–Trinajstić information content (AvgIpc) is 3.96. The van der Waals surface area contributed by atoms with E-state index >= 15 is 0 Å². The second-order valence-corrected chi connectivity index (χ2v) is 15.8. The molecule has 310 valence electrons. The molecule has 61 heavy (non-hydrogen) atoms. The van der Waals surface area contributed by atoms with E-state index in [0.717, 1.165) is 44.1 Å². The molecule has 0 spiro atoms. The number of aromatic nitrogens is 6. The Morgan fingerprint density at radius 1 is 0.721 bits per heavy atom. The Morgan fingerprint density at radius 3 is 1.84 bits per heavy atom. The van der Waals surface area contributed by atoms with E-state index in [2.05, 4.69) is 35.1 Å². The molecule has 0 radical (unpaired) electrons. The summed E-state index contributed by atoms with van der Waals surface area (Å²) in [5.74, 6) is 2.80. The van der Waals surface area contributed by atoms with Crippen LogP contribution in [0.3, 0.4) is 0 Å². The number of hydrogen-bond acceptors (Lipinski definition) is 12. The summed E-state index contributed by atoms with van der Waals surface area (Å²) >= 11 is 12.7. The molecule has 1 fully saturated rings. The summed E-state index contributed by atoms with van der Waals surface area (Å²) in [4.78, 5) is 31.4. The van der Waals surface area contributed by atoms with E-state index in [4.69, 9.17) is 41.7 Å². The van der Waals surface area contributed by atoms with Crippen molar-refractivity contribution in [1.29, 1.82) is 0 Å². The normalized spacial score (nSPS) is 13.1. The minimum atomic E-state index is -0.728. The van der Waals surface area contributed by atoms with Crippen LogP contribution in [0.2, 0.25) is 10.0 Å². The van der Waals surface area contributed by atoms with Crippen LogP contribution in [0.15, 0.2) is 113 Å². The predicted octanol–water partition coefficient (Wildman–Crippen LogP) is 11.1. The van der Waals surface area contributed by atoms with Crippen molar-refractivity contribution >= 4 is 56.5 Å². The molecule has 1 aliphatic rings. The van der Waals surface area contributed by atoms with E-state index in [0.29, 0.717) is 76.5 Å². The Labute approximate surface area is 361 Å². The smallest absolute Gasteiger partial charge is 0.306 e. The second kappa shape index (κ2) is 18.0. The van der Waals surface area contributed by atoms with Gasteiger partial charge in [-0.15, -0.1) is 0 Å². The number of benzene rings is 4. The Kier molecular flexibility index (Phi) is 12.1. The quantitative estimate of drug-likeness (QED) is 0.138. The van der Waals surface area contributed by atoms with Crippen LogP contribution >= 0.6 is 23.2 Å². The standard InChI is InChI=1S/C26H25ClN4O4.C20H16ClN3O2/c1-15(2)34-22-7-6-17(14-21(22)27)25-29-23(30-35-25)19-4-3-5-20-18(19)8-11-28-24(20)31-12-9-16(10-13-31)26(32)33;1-12(2)25-18-7-6-13(10-17(18)21)20-23-19(24-26-20)16-5-3-4-14-11-22-9-8-15(14)16/h3-8,11,14-16H,9-10,12-13H2,1-2H3,(H,32,33);3-12H,1-2H3. The van der Waals surface area contributed by atoms with Gasteiger partial charge in [-0.3, -0.25) is 9.78 Å². The molecular weight excluding hydrogens is 817 g/mol. The minimum absolute atomic E-state index is 0.0163. The van der Waals surface area contributed by atoms with Gasteiger partial charge < -0.3 is 28.5 Å². The van der Waals surface area contributed by atoms with Crippen molar-refractivity contribution in [3.63, 3.8) is 0 Å². The van der Waals surface area contributed by atoms with Crippen molar-refractivity contribution in [2.75, 3.05) is 18.0 Å². The fourth-order valence-electron chi connectivity index (χ4n) is 7.16. The van der Waals surface area contributed by atoms with Gasteiger partial charge in [0.05, 0.1) is 28.2 Å². The lowest BCUT2D eigenvalue weighted by molar-refractivity contribution is -0.142. The molecule has 0 amide bonds. The van der Waals surface area contributed by atoms with Crippen LogP contribution in [0.1, 0.15) is 40.5 Å². The molecule has 4 aromatic carbocycles. The number of pyridine rings is 2. The summed E-state index contributed by atoms with van der Waals surface area (Å²) in [5, 5.41) is 22.6. The van der Waals surface area contributed by atoms with Crippen molar-refractivity contribution in [3.05, 3.63) is 114 Å². The first-order valence-electron chi connectivity index (χ1n) is 19.8. The summed E-state index contributed by atoms with van der Waals surface area (Å²) in [5.41, 5.74) is 3.17. The fourth-order valence-corrected chi connectivity index (χ4v) is 7.61. The number of piperidine rings is 1. The van der Waals surface area contributed by atoms with E-state index in [1.807, 2.05) is 101 Å². The fraction of sp³-hybridized carbons (Fsp3) is 0.239. The minimum Gasteiger partial charge on any atom is -0.489 e. The number of hydrogen-bond donors (Lipinski definition) is 1. The van der Waals surface area contributed by atoms with Gasteiger partial charge in [0.15, 0.2) is 0 Å². The zero-order valence-corrected chi connectivity index (χ0v) is 35.3. The number of rotatable bonds is 10. The lowest BCUT2D eigenvalue weighted by atomic mass is 9.96. The molecule has 0 atom stereocenters. The highest BCUT2D eigenvalue weighted by Crippen LogP contribution is 2.36. The molecule has 8 aromatic rings. The first kappa shape index (κ1) is 41.2. The Bertz CT molecular complexity index is 2830. The molecule has 0 saturated carbocycles. The first-order chi connectivity index (χ1) is 29.5. The topological polar surface area (TPSA) is 163 Å². The molecule has 1 N–H and O–H groups in total. The lowest BCUT2D eigenvalue weighted by Gasteiger charge is -2.31. The van der Waals surface area contributed by atoms with Crippen LogP contribution in [0.5, 0.6) is 11.5 Å². The van der Waals surface area contributed by atoms with Gasteiger partial charge in [0.1, 0.15) is 17.3 Å². The molecule has 9 rings (SSSR count). The summed E-state index contributed by atoms with van der Waals surface area (Å²) in [6.45, 7) is 9.09. The van der Waals surface area contributed by atoms with Crippen molar-refractivity contribution in [1.82, 2.24) is 30.2 Å². The largest absolute Gasteiger partial charge is 0.489 e. The molecule has 13 nitrogen and oxygen atoms in total. The highest BCUT2D eigenvalue weighted by atomic mass is 35.5.